The molecule has 0 fully saturated rings. The highest BCUT2D eigenvalue weighted by Crippen LogP contribution is 2.34. The Balaban J connectivity index is 1.59. The molecule has 0 saturated heterocycles. The maximum Gasteiger partial charge on any atom is 0.313 e. The van der Waals surface area contributed by atoms with Crippen LogP contribution < -0.4 is 4.57 Å². The highest BCUT2D eigenvalue weighted by Gasteiger charge is 2.36. The molecule has 0 spiro atoms. The van der Waals surface area contributed by atoms with Crippen LogP contribution in [0, 0.1) is 20.8 Å². The van der Waals surface area contributed by atoms with Crippen LogP contribution in [0.2, 0.25) is 0 Å². The van der Waals surface area contributed by atoms with Gasteiger partial charge in [-0.3, -0.25) is 0 Å². The van der Waals surface area contributed by atoms with Crippen molar-refractivity contribution in [2.75, 3.05) is 0 Å². The van der Waals surface area contributed by atoms with Crippen molar-refractivity contribution in [3.05, 3.63) is 125 Å². The zero-order valence-corrected chi connectivity index (χ0v) is 26.0. The van der Waals surface area contributed by atoms with Crippen LogP contribution in [0.5, 0.6) is 0 Å². The first-order chi connectivity index (χ1) is 19.5. The topological polar surface area (TPSA) is 32.6 Å². The first-order valence-electron chi connectivity index (χ1n) is 14.9. The van der Waals surface area contributed by atoms with Gasteiger partial charge in [-0.15, -0.1) is 5.10 Å². The van der Waals surface area contributed by atoms with Gasteiger partial charge in [0.05, 0.1) is 11.0 Å². The molecule has 5 aromatic rings. The van der Waals surface area contributed by atoms with Crippen molar-refractivity contribution < 1.29 is 4.57 Å². The lowest BCUT2D eigenvalue weighted by Crippen LogP contribution is -2.43. The molecule has 0 bridgehead atoms. The van der Waals surface area contributed by atoms with Crippen LogP contribution in [-0.2, 0) is 10.8 Å². The molecule has 41 heavy (non-hydrogen) atoms. The Kier molecular flexibility index (Phi) is 7.74. The zero-order valence-electron chi connectivity index (χ0n) is 26.0. The molecule has 1 heterocycles. The third-order valence-electron chi connectivity index (χ3n) is 8.65. The fraction of sp³-hybridized carbons (Fsp3) is 0.316. The molecule has 0 aliphatic rings. The molecule has 0 aliphatic heterocycles. The fourth-order valence-corrected chi connectivity index (χ4v) is 6.28. The van der Waals surface area contributed by atoms with Gasteiger partial charge in [0.15, 0.2) is 0 Å². The van der Waals surface area contributed by atoms with E-state index in [1.54, 1.807) is 0 Å². The van der Waals surface area contributed by atoms with E-state index in [1.807, 2.05) is 0 Å². The number of H-pyrrole nitrogens is 1. The first-order valence-corrected chi connectivity index (χ1v) is 14.9. The van der Waals surface area contributed by atoms with E-state index in [1.165, 1.54) is 44.6 Å². The molecule has 1 N–H and O–H groups in total. The van der Waals surface area contributed by atoms with Crippen molar-refractivity contribution in [1.82, 2.24) is 10.2 Å². The number of rotatable bonds is 8. The monoisotopic (exact) mass is 542 g/mol. The van der Waals surface area contributed by atoms with Crippen molar-refractivity contribution in [3.63, 3.8) is 0 Å². The summed E-state index contributed by atoms with van der Waals surface area (Å²) in [5.74, 6) is 2.10. The predicted molar refractivity (Wildman–Crippen MR) is 172 cm³/mol. The molecule has 0 radical (unpaired) electrons. The third-order valence-corrected chi connectivity index (χ3v) is 8.65. The van der Waals surface area contributed by atoms with E-state index in [2.05, 4.69) is 156 Å². The standard InChI is InChI=1S/C38H43N3/c1-9-22-37(5,6)36-40-39-35(30-15-13-14-26(2)23-30)41(36)34-27(3)24-31(25-28(34)4)29-18-20-33(21-19-29)38(7,8)32-16-11-10-12-17-32/h10-21,23-25H,9,22H2,1-8H3/p+1. The molecule has 0 saturated carbocycles. The molecule has 3 nitrogen and oxygen atoms in total. The highest BCUT2D eigenvalue weighted by molar-refractivity contribution is 5.68. The van der Waals surface area contributed by atoms with Gasteiger partial charge in [-0.25, -0.2) is 0 Å². The van der Waals surface area contributed by atoms with Gasteiger partial charge in [0, 0.05) is 10.5 Å². The first kappa shape index (κ1) is 28.5. The van der Waals surface area contributed by atoms with Crippen molar-refractivity contribution in [3.8, 4) is 28.2 Å². The van der Waals surface area contributed by atoms with Gasteiger partial charge in [0.25, 0.3) is 0 Å². The minimum absolute atomic E-state index is 0.0528. The zero-order chi connectivity index (χ0) is 29.4. The minimum atomic E-state index is -0.0543. The SMILES string of the molecule is CCCC(C)(C)c1[nH]nc(-c2cccc(C)c2)[n+]1-c1c(C)cc(-c2ccc(C(C)(C)c3ccccc3)cc2)cc1C. The maximum atomic E-state index is 4.91. The summed E-state index contributed by atoms with van der Waals surface area (Å²) in [5.41, 5.74) is 11.0. The molecule has 3 heteroatoms. The number of nitrogens with one attached hydrogen (secondary N) is 1. The summed E-state index contributed by atoms with van der Waals surface area (Å²) in [7, 11) is 0. The summed E-state index contributed by atoms with van der Waals surface area (Å²) >= 11 is 0. The molecule has 5 rings (SSSR count). The average Bonchev–Trinajstić information content (AvgIpc) is 3.39. The van der Waals surface area contributed by atoms with Gasteiger partial charge in [-0.1, -0.05) is 99.5 Å². The van der Waals surface area contributed by atoms with Gasteiger partial charge in [-0.2, -0.15) is 4.57 Å². The Morgan fingerprint density at radius 2 is 1.32 bits per heavy atom. The van der Waals surface area contributed by atoms with E-state index in [0.717, 1.165) is 30.1 Å². The van der Waals surface area contributed by atoms with Crippen LogP contribution >= 0.6 is 0 Å². The van der Waals surface area contributed by atoms with Crippen LogP contribution in [-0.4, -0.2) is 10.2 Å². The Bertz CT molecular complexity index is 1630. The van der Waals surface area contributed by atoms with Gasteiger partial charge in [0.2, 0.25) is 5.82 Å². The Hall–Kier alpha value is -3.98. The number of hydrogen-bond acceptors (Lipinski definition) is 1. The molecule has 0 amide bonds. The van der Waals surface area contributed by atoms with Crippen molar-refractivity contribution in [2.24, 2.45) is 0 Å². The molecule has 210 valence electrons. The lowest BCUT2D eigenvalue weighted by Gasteiger charge is -2.26. The summed E-state index contributed by atoms with van der Waals surface area (Å²) in [6.07, 6.45) is 2.18. The molecular weight excluding hydrogens is 498 g/mol. The summed E-state index contributed by atoms with van der Waals surface area (Å²) in [6, 6.07) is 33.2. The molecule has 0 unspecified atom stereocenters. The minimum Gasteiger partial charge on any atom is -0.193 e. The van der Waals surface area contributed by atoms with Crippen LogP contribution in [0.1, 0.15) is 81.1 Å². The number of benzene rings is 4. The summed E-state index contributed by atoms with van der Waals surface area (Å²) in [4.78, 5) is 0. The molecular formula is C38H44N3+. The number of hydrogen-bond donors (Lipinski definition) is 1. The summed E-state index contributed by atoms with van der Waals surface area (Å²) < 4.78 is 2.38. The van der Waals surface area contributed by atoms with Crippen LogP contribution in [0.3, 0.4) is 0 Å². The molecule has 0 atom stereocenters. The van der Waals surface area contributed by atoms with Gasteiger partial charge < -0.3 is 0 Å². The molecule has 1 aromatic heterocycles. The predicted octanol–water partition coefficient (Wildman–Crippen LogP) is 9.35. The van der Waals surface area contributed by atoms with E-state index in [-0.39, 0.29) is 10.8 Å². The number of nitrogens with zero attached hydrogens (tertiary/aromatic N) is 2. The van der Waals surface area contributed by atoms with Gasteiger partial charge in [0.1, 0.15) is 5.69 Å². The van der Waals surface area contributed by atoms with E-state index >= 15 is 0 Å². The number of aromatic amines is 1. The second-order valence-corrected chi connectivity index (χ2v) is 12.8. The Labute approximate surface area is 246 Å². The second kappa shape index (κ2) is 11.1. The Morgan fingerprint density at radius 1 is 0.683 bits per heavy atom. The quantitative estimate of drug-likeness (QED) is 0.195. The van der Waals surface area contributed by atoms with Crippen molar-refractivity contribution in [2.45, 2.75) is 79.1 Å². The van der Waals surface area contributed by atoms with E-state index in [0.29, 0.717) is 0 Å². The van der Waals surface area contributed by atoms with Crippen LogP contribution in [0.15, 0.2) is 91.0 Å². The van der Waals surface area contributed by atoms with Crippen molar-refractivity contribution in [1.29, 1.82) is 0 Å². The molecule has 0 aliphatic carbocycles. The largest absolute Gasteiger partial charge is 0.313 e. The number of aromatic nitrogens is 3. The lowest BCUT2D eigenvalue weighted by atomic mass is 9.78. The molecule has 4 aromatic carbocycles. The van der Waals surface area contributed by atoms with Gasteiger partial charge in [-0.05, 0) is 98.7 Å². The summed E-state index contributed by atoms with van der Waals surface area (Å²) in [5, 5.41) is 8.37. The third kappa shape index (κ3) is 5.51. The summed E-state index contributed by atoms with van der Waals surface area (Å²) in [6.45, 7) is 18.1. The van der Waals surface area contributed by atoms with Gasteiger partial charge >= 0.3 is 5.82 Å². The lowest BCUT2D eigenvalue weighted by molar-refractivity contribution is -0.598. The van der Waals surface area contributed by atoms with E-state index in [9.17, 15) is 0 Å². The van der Waals surface area contributed by atoms with Crippen LogP contribution in [0.25, 0.3) is 28.2 Å². The normalized spacial score (nSPS) is 12.1. The maximum absolute atomic E-state index is 4.91. The van der Waals surface area contributed by atoms with Crippen LogP contribution in [0.4, 0.5) is 0 Å². The van der Waals surface area contributed by atoms with Crippen molar-refractivity contribution >= 4 is 0 Å². The van der Waals surface area contributed by atoms with E-state index in [4.69, 9.17) is 5.10 Å². The second-order valence-electron chi connectivity index (χ2n) is 12.8. The average molecular weight is 543 g/mol. The van der Waals surface area contributed by atoms with E-state index < -0.39 is 0 Å². The smallest absolute Gasteiger partial charge is 0.193 e. The highest BCUT2D eigenvalue weighted by atomic mass is 15.3. The fourth-order valence-electron chi connectivity index (χ4n) is 6.28. The number of aryl methyl sites for hydroxylation is 3. The Morgan fingerprint density at radius 3 is 1.93 bits per heavy atom.